The van der Waals surface area contributed by atoms with Crippen LogP contribution in [0.25, 0.3) is 0 Å². The fourth-order valence-corrected chi connectivity index (χ4v) is 3.65. The van der Waals surface area contributed by atoms with E-state index in [1.165, 1.54) is 27.7 Å². The fraction of sp³-hybridized carbons (Fsp3) is 1.00. The third-order valence-corrected chi connectivity index (χ3v) is 5.28. The van der Waals surface area contributed by atoms with Gasteiger partial charge in [-0.3, -0.25) is 4.57 Å². The first-order valence-electron chi connectivity index (χ1n) is 5.53. The van der Waals surface area contributed by atoms with Crippen molar-refractivity contribution in [3.8, 4) is 0 Å². The summed E-state index contributed by atoms with van der Waals surface area (Å²) in [6.45, 7) is 4.61. The molecule has 0 radical (unpaired) electrons. The highest BCUT2D eigenvalue weighted by Gasteiger charge is 2.72. The van der Waals surface area contributed by atoms with Gasteiger partial charge >= 0.3 is 7.60 Å². The van der Waals surface area contributed by atoms with Crippen LogP contribution in [0, 0.1) is 0 Å². The van der Waals surface area contributed by atoms with Crippen molar-refractivity contribution in [1.29, 1.82) is 0 Å². The van der Waals surface area contributed by atoms with E-state index in [1.54, 1.807) is 0 Å². The molecule has 4 unspecified atom stereocenters. The van der Waals surface area contributed by atoms with Crippen molar-refractivity contribution in [3.05, 3.63) is 0 Å². The lowest BCUT2D eigenvalue weighted by Crippen LogP contribution is -2.63. The van der Waals surface area contributed by atoms with Crippen molar-refractivity contribution in [3.63, 3.8) is 0 Å². The number of hydrogen-bond donors (Lipinski definition) is 5. The summed E-state index contributed by atoms with van der Waals surface area (Å²) in [7, 11) is -4.46. The average molecular weight is 284 g/mol. The normalized spacial score (nSPS) is 49.6. The minimum absolute atomic E-state index is 0.590. The van der Waals surface area contributed by atoms with Crippen molar-refractivity contribution in [2.45, 2.75) is 50.1 Å². The molecule has 108 valence electrons. The van der Waals surface area contributed by atoms with E-state index >= 15 is 0 Å². The molecule has 1 aliphatic heterocycles. The van der Waals surface area contributed by atoms with E-state index in [2.05, 4.69) is 0 Å². The van der Waals surface area contributed by atoms with Gasteiger partial charge in [-0.05, 0) is 27.7 Å². The molecule has 0 bridgehead atoms. The van der Waals surface area contributed by atoms with E-state index in [4.69, 9.17) is 14.5 Å². The molecule has 0 aliphatic carbocycles. The van der Waals surface area contributed by atoms with Crippen LogP contribution in [0.5, 0.6) is 0 Å². The van der Waals surface area contributed by atoms with Gasteiger partial charge in [-0.2, -0.15) is 0 Å². The Labute approximate surface area is 106 Å². The van der Waals surface area contributed by atoms with Crippen LogP contribution in [0.4, 0.5) is 0 Å². The monoisotopic (exact) mass is 284 g/mol. The number of hydrogen-bond acceptors (Lipinski definition) is 5. The van der Waals surface area contributed by atoms with Crippen LogP contribution in [0.1, 0.15) is 27.7 Å². The van der Waals surface area contributed by atoms with Gasteiger partial charge in [0.2, 0.25) is 0 Å². The van der Waals surface area contributed by atoms with Gasteiger partial charge in [-0.1, -0.05) is 0 Å². The smallest absolute Gasteiger partial charge is 0.328 e. The molecule has 4 atom stereocenters. The predicted molar refractivity (Wildman–Crippen MR) is 63.1 cm³/mol. The van der Waals surface area contributed by atoms with Gasteiger partial charge < -0.3 is 29.8 Å². The molecule has 0 aromatic heterocycles. The van der Waals surface area contributed by atoms with Crippen molar-refractivity contribution >= 4 is 7.60 Å². The highest BCUT2D eigenvalue weighted by Crippen LogP contribution is 2.56. The molecule has 0 spiro atoms. The zero-order valence-electron chi connectivity index (χ0n) is 10.9. The number of aliphatic hydroxyl groups is 3. The van der Waals surface area contributed by atoms with Gasteiger partial charge in [0, 0.05) is 0 Å². The molecule has 1 aliphatic rings. The molecular formula is C10H21O7P. The summed E-state index contributed by atoms with van der Waals surface area (Å²) in [6.07, 6.45) is -0.751. The molecule has 1 heterocycles. The van der Waals surface area contributed by atoms with Crippen LogP contribution in [-0.4, -0.2) is 60.3 Å². The van der Waals surface area contributed by atoms with Crippen LogP contribution in [0.15, 0.2) is 0 Å². The highest BCUT2D eigenvalue weighted by molar-refractivity contribution is 7.51. The average Bonchev–Trinajstić information content (AvgIpc) is 2.21. The largest absolute Gasteiger partial charge is 0.393 e. The zero-order valence-corrected chi connectivity index (χ0v) is 11.8. The van der Waals surface area contributed by atoms with E-state index in [9.17, 15) is 19.9 Å². The first-order valence-corrected chi connectivity index (χ1v) is 7.33. The Kier molecular flexibility index (Phi) is 3.56. The van der Waals surface area contributed by atoms with E-state index in [-0.39, 0.29) is 0 Å². The minimum atomic E-state index is -4.46. The Morgan fingerprint density at radius 3 is 1.67 bits per heavy atom. The van der Waals surface area contributed by atoms with Gasteiger partial charge in [-0.15, -0.1) is 0 Å². The van der Waals surface area contributed by atoms with Crippen molar-refractivity contribution in [1.82, 2.24) is 0 Å². The van der Waals surface area contributed by atoms with Gasteiger partial charge in [-0.25, -0.2) is 0 Å². The summed E-state index contributed by atoms with van der Waals surface area (Å²) in [6, 6.07) is 0. The predicted octanol–water partition coefficient (Wildman–Crippen LogP) is -0.794. The summed E-state index contributed by atoms with van der Waals surface area (Å²) < 4.78 is 16.6. The maximum Gasteiger partial charge on any atom is 0.328 e. The molecule has 18 heavy (non-hydrogen) atoms. The third kappa shape index (κ3) is 2.04. The van der Waals surface area contributed by atoms with E-state index in [0.717, 1.165) is 0 Å². The summed E-state index contributed by atoms with van der Waals surface area (Å²) in [5, 5.41) is 30.2. The maximum absolute atomic E-state index is 11.1. The second-order valence-corrected chi connectivity index (χ2v) is 7.33. The first kappa shape index (κ1) is 16.0. The van der Waals surface area contributed by atoms with Gasteiger partial charge in [0.25, 0.3) is 0 Å². The van der Waals surface area contributed by atoms with Crippen LogP contribution < -0.4 is 0 Å². The zero-order chi connectivity index (χ0) is 14.6. The Morgan fingerprint density at radius 1 is 1.00 bits per heavy atom. The summed E-state index contributed by atoms with van der Waals surface area (Å²) in [4.78, 5) is 18.1. The standard InChI is InChI=1S/C10H21O7P/c1-7(5-11)9(3,12)10(4,13)8(2,17-7)6-18(14,15)16/h11-13H,5-6H2,1-4H3,(H2,14,15,16). The number of rotatable bonds is 3. The highest BCUT2D eigenvalue weighted by atomic mass is 31.2. The summed E-state index contributed by atoms with van der Waals surface area (Å²) >= 11 is 0. The maximum atomic E-state index is 11.1. The molecule has 1 fully saturated rings. The molecule has 7 nitrogen and oxygen atoms in total. The van der Waals surface area contributed by atoms with Crippen LogP contribution in [-0.2, 0) is 9.30 Å². The Morgan fingerprint density at radius 2 is 1.39 bits per heavy atom. The van der Waals surface area contributed by atoms with Crippen LogP contribution in [0.3, 0.4) is 0 Å². The lowest BCUT2D eigenvalue weighted by molar-refractivity contribution is -0.162. The van der Waals surface area contributed by atoms with E-state index < -0.39 is 42.8 Å². The first-order chi connectivity index (χ1) is 7.72. The molecule has 1 saturated heterocycles. The minimum Gasteiger partial charge on any atom is -0.393 e. The van der Waals surface area contributed by atoms with Crippen LogP contribution in [0.2, 0.25) is 0 Å². The van der Waals surface area contributed by atoms with Crippen LogP contribution >= 0.6 is 7.60 Å². The second kappa shape index (κ2) is 3.99. The van der Waals surface area contributed by atoms with E-state index in [0.29, 0.717) is 0 Å². The fourth-order valence-electron chi connectivity index (χ4n) is 2.49. The van der Waals surface area contributed by atoms with Gasteiger partial charge in [0.1, 0.15) is 22.4 Å². The van der Waals surface area contributed by atoms with Gasteiger partial charge in [0.15, 0.2) is 0 Å². The molecule has 8 heteroatoms. The van der Waals surface area contributed by atoms with Crippen molar-refractivity contribution in [2.24, 2.45) is 0 Å². The molecule has 0 aromatic carbocycles. The third-order valence-electron chi connectivity index (χ3n) is 4.27. The Hall–Kier alpha value is -0.0100. The molecule has 5 N–H and O–H groups in total. The lowest BCUT2D eigenvalue weighted by Gasteiger charge is -2.42. The van der Waals surface area contributed by atoms with Crippen molar-refractivity contribution in [2.75, 3.05) is 12.8 Å². The topological polar surface area (TPSA) is 127 Å². The summed E-state index contributed by atoms with van der Waals surface area (Å²) in [5.74, 6) is 0. The molecule has 0 saturated carbocycles. The number of ether oxygens (including phenoxy) is 1. The molecule has 1 rings (SSSR count). The van der Waals surface area contributed by atoms with E-state index in [1.807, 2.05) is 0 Å². The van der Waals surface area contributed by atoms with Gasteiger partial charge in [0.05, 0.1) is 12.8 Å². The summed E-state index contributed by atoms with van der Waals surface area (Å²) in [5.41, 5.74) is -6.98. The SMILES string of the molecule is CC1(CO)OC(C)(CP(=O)(O)O)C(C)(O)C1(C)O. The lowest BCUT2D eigenvalue weighted by atomic mass is 9.71. The Bertz CT molecular complexity index is 388. The number of aliphatic hydroxyl groups excluding tert-OH is 1. The van der Waals surface area contributed by atoms with Crippen molar-refractivity contribution < 1.29 is 34.4 Å². The second-order valence-electron chi connectivity index (χ2n) is 5.69. The Balaban J connectivity index is 3.30. The molecular weight excluding hydrogens is 263 g/mol. The molecule has 0 aromatic rings. The quantitative estimate of drug-likeness (QED) is 0.429. The molecule has 0 amide bonds.